The van der Waals surface area contributed by atoms with Gasteiger partial charge in [-0.3, -0.25) is 0 Å². The fourth-order valence-electron chi connectivity index (χ4n) is 3.49. The second-order valence-corrected chi connectivity index (χ2v) is 8.71. The number of aliphatic imine (C=N–C) groups is 2. The van der Waals surface area contributed by atoms with Crippen LogP contribution >= 0.6 is 50.7 Å². The Hall–Kier alpha value is -1.27. The van der Waals surface area contributed by atoms with Crippen molar-refractivity contribution in [1.29, 1.82) is 0 Å². The first kappa shape index (κ1) is 20.0. The van der Waals surface area contributed by atoms with E-state index in [1.165, 1.54) is 6.40 Å². The van der Waals surface area contributed by atoms with Crippen LogP contribution in [0, 0.1) is 0 Å². The van der Waals surface area contributed by atoms with E-state index in [9.17, 15) is 0 Å². The van der Waals surface area contributed by atoms with Gasteiger partial charge in [-0.25, -0.2) is 9.98 Å². The van der Waals surface area contributed by atoms with E-state index >= 15 is 0 Å². The molecule has 3 unspecified atom stereocenters. The predicted octanol–water partition coefficient (Wildman–Crippen LogP) is 6.83. The maximum absolute atomic E-state index is 6.24. The molecule has 8 heteroatoms. The Labute approximate surface area is 186 Å². The molecule has 2 aromatic rings. The van der Waals surface area contributed by atoms with Crippen LogP contribution in [-0.2, 0) is 9.47 Å². The Bertz CT molecular complexity index is 982. The highest BCUT2D eigenvalue weighted by Gasteiger charge is 2.51. The van der Waals surface area contributed by atoms with Crippen LogP contribution in [0.5, 0.6) is 0 Å². The van der Waals surface area contributed by atoms with Crippen molar-refractivity contribution in [2.24, 2.45) is 9.98 Å². The number of nitrogens with zero attached hydrogens (tertiary/aromatic N) is 2. The van der Waals surface area contributed by atoms with E-state index in [0.717, 1.165) is 15.6 Å². The third-order valence-electron chi connectivity index (χ3n) is 5.05. The molecular weight excluding hydrogens is 486 g/mol. The Balaban J connectivity index is 1.69. The molecule has 146 valence electrons. The number of rotatable bonds is 4. The summed E-state index contributed by atoms with van der Waals surface area (Å²) in [6, 6.07) is 11.1. The van der Waals surface area contributed by atoms with Crippen molar-refractivity contribution in [3.63, 3.8) is 0 Å². The second-order valence-electron chi connectivity index (χ2n) is 6.64. The van der Waals surface area contributed by atoms with Gasteiger partial charge < -0.3 is 9.47 Å². The monoisotopic (exact) mass is 500 g/mol. The van der Waals surface area contributed by atoms with Crippen molar-refractivity contribution in [2.45, 2.75) is 31.0 Å². The van der Waals surface area contributed by atoms with Gasteiger partial charge in [0.05, 0.1) is 15.1 Å². The second kappa shape index (κ2) is 7.86. The van der Waals surface area contributed by atoms with Crippen molar-refractivity contribution >= 4 is 63.0 Å². The standard InChI is InChI=1S/C20H16BrCl3N2O2/c1-2-20(18(28-10-25-20)12-4-6-14(22)16(24)8-12)19-26-17(9-27-19)11-3-5-13(21)15(23)7-11/h3-8,10,17-18H,2,9H2,1H3. The third-order valence-corrected chi connectivity index (χ3v) is 7.02. The van der Waals surface area contributed by atoms with Crippen LogP contribution in [0.3, 0.4) is 0 Å². The van der Waals surface area contributed by atoms with Crippen LogP contribution in [0.25, 0.3) is 0 Å². The van der Waals surface area contributed by atoms with Gasteiger partial charge in [0.15, 0.2) is 18.0 Å². The number of hydrogen-bond acceptors (Lipinski definition) is 4. The van der Waals surface area contributed by atoms with Crippen molar-refractivity contribution < 1.29 is 9.47 Å². The summed E-state index contributed by atoms with van der Waals surface area (Å²) >= 11 is 21.9. The lowest BCUT2D eigenvalue weighted by Gasteiger charge is -2.30. The first-order valence-corrected chi connectivity index (χ1v) is 10.7. The molecule has 3 atom stereocenters. The first-order valence-electron chi connectivity index (χ1n) is 8.74. The van der Waals surface area contributed by atoms with E-state index in [2.05, 4.69) is 20.9 Å². The summed E-state index contributed by atoms with van der Waals surface area (Å²) in [7, 11) is 0. The van der Waals surface area contributed by atoms with Crippen LogP contribution < -0.4 is 0 Å². The highest BCUT2D eigenvalue weighted by Crippen LogP contribution is 2.44. The first-order chi connectivity index (χ1) is 13.4. The molecule has 28 heavy (non-hydrogen) atoms. The largest absolute Gasteiger partial charge is 0.476 e. The molecular formula is C20H16BrCl3N2O2. The minimum Gasteiger partial charge on any atom is -0.476 e. The lowest BCUT2D eigenvalue weighted by Crippen LogP contribution is -2.40. The lowest BCUT2D eigenvalue weighted by atomic mass is 9.85. The van der Waals surface area contributed by atoms with Gasteiger partial charge in [-0.1, -0.05) is 53.9 Å². The molecule has 2 heterocycles. The van der Waals surface area contributed by atoms with Crippen LogP contribution in [-0.4, -0.2) is 24.4 Å². The van der Waals surface area contributed by atoms with Crippen molar-refractivity contribution in [2.75, 3.05) is 6.61 Å². The zero-order valence-corrected chi connectivity index (χ0v) is 18.7. The topological polar surface area (TPSA) is 43.2 Å². The summed E-state index contributed by atoms with van der Waals surface area (Å²) < 4.78 is 12.7. The molecule has 0 fully saturated rings. The predicted molar refractivity (Wildman–Crippen MR) is 117 cm³/mol. The molecule has 0 amide bonds. The van der Waals surface area contributed by atoms with Gasteiger partial charge in [0.25, 0.3) is 0 Å². The van der Waals surface area contributed by atoms with Crippen LogP contribution in [0.4, 0.5) is 0 Å². The quantitative estimate of drug-likeness (QED) is 0.460. The summed E-state index contributed by atoms with van der Waals surface area (Å²) in [6.07, 6.45) is 1.73. The molecule has 0 aliphatic carbocycles. The Morgan fingerprint density at radius 2 is 1.82 bits per heavy atom. The fraction of sp³-hybridized carbons (Fsp3) is 0.300. The van der Waals surface area contributed by atoms with E-state index in [-0.39, 0.29) is 6.04 Å². The minimum absolute atomic E-state index is 0.144. The van der Waals surface area contributed by atoms with Gasteiger partial charge in [0.1, 0.15) is 12.6 Å². The molecule has 0 saturated carbocycles. The van der Waals surface area contributed by atoms with Gasteiger partial charge in [0.2, 0.25) is 5.90 Å². The van der Waals surface area contributed by atoms with E-state index < -0.39 is 11.6 Å². The summed E-state index contributed by atoms with van der Waals surface area (Å²) in [5.41, 5.74) is 1.11. The van der Waals surface area contributed by atoms with Gasteiger partial charge in [0, 0.05) is 4.47 Å². The highest BCUT2D eigenvalue weighted by atomic mass is 79.9. The molecule has 2 aromatic carbocycles. The molecule has 0 N–H and O–H groups in total. The average Bonchev–Trinajstić information content (AvgIpc) is 3.34. The van der Waals surface area contributed by atoms with Gasteiger partial charge in [-0.15, -0.1) is 0 Å². The maximum atomic E-state index is 6.24. The van der Waals surface area contributed by atoms with Gasteiger partial charge in [-0.2, -0.15) is 0 Å². The smallest absolute Gasteiger partial charge is 0.217 e. The molecule has 4 rings (SSSR count). The Morgan fingerprint density at radius 1 is 1.07 bits per heavy atom. The van der Waals surface area contributed by atoms with Crippen molar-refractivity contribution in [3.05, 3.63) is 67.1 Å². The Kier molecular flexibility index (Phi) is 5.62. The fourth-order valence-corrected chi connectivity index (χ4v) is 4.23. The molecule has 0 spiro atoms. The summed E-state index contributed by atoms with van der Waals surface area (Å²) in [5, 5.41) is 1.60. The molecule has 0 aromatic heterocycles. The number of hydrogen-bond donors (Lipinski definition) is 0. The average molecular weight is 503 g/mol. The van der Waals surface area contributed by atoms with Crippen LogP contribution in [0.15, 0.2) is 50.9 Å². The molecule has 4 nitrogen and oxygen atoms in total. The zero-order valence-electron chi connectivity index (χ0n) is 14.8. The molecule has 0 bridgehead atoms. The van der Waals surface area contributed by atoms with Gasteiger partial charge >= 0.3 is 0 Å². The SMILES string of the molecule is CCC1(C2=NC(c3ccc(Br)c(Cl)c3)CO2)N=COC1c1ccc(Cl)c(Cl)c1. The molecule has 2 aliphatic heterocycles. The number of ether oxygens (including phenoxy) is 2. The Morgan fingerprint density at radius 3 is 2.54 bits per heavy atom. The van der Waals surface area contributed by atoms with Crippen molar-refractivity contribution in [3.8, 4) is 0 Å². The summed E-state index contributed by atoms with van der Waals surface area (Å²) in [4.78, 5) is 9.46. The van der Waals surface area contributed by atoms with Crippen LogP contribution in [0.1, 0.15) is 36.6 Å². The van der Waals surface area contributed by atoms with E-state index in [0.29, 0.717) is 34.0 Å². The normalized spacial score (nSPS) is 26.1. The van der Waals surface area contributed by atoms with E-state index in [1.54, 1.807) is 12.1 Å². The molecule has 0 saturated heterocycles. The van der Waals surface area contributed by atoms with Crippen LogP contribution in [0.2, 0.25) is 15.1 Å². The zero-order chi connectivity index (χ0) is 19.9. The highest BCUT2D eigenvalue weighted by molar-refractivity contribution is 9.10. The minimum atomic E-state index is -0.745. The maximum Gasteiger partial charge on any atom is 0.217 e. The van der Waals surface area contributed by atoms with E-state index in [4.69, 9.17) is 49.3 Å². The van der Waals surface area contributed by atoms with E-state index in [1.807, 2.05) is 31.2 Å². The molecule has 0 radical (unpaired) electrons. The molecule has 2 aliphatic rings. The number of halogens is 4. The number of benzene rings is 2. The third kappa shape index (κ3) is 3.43. The summed E-state index contributed by atoms with van der Waals surface area (Å²) in [6.45, 7) is 2.46. The van der Waals surface area contributed by atoms with Gasteiger partial charge in [-0.05, 0) is 57.7 Å². The summed E-state index contributed by atoms with van der Waals surface area (Å²) in [5.74, 6) is 0.559. The van der Waals surface area contributed by atoms with Crippen molar-refractivity contribution in [1.82, 2.24) is 0 Å². The lowest BCUT2D eigenvalue weighted by molar-refractivity contribution is 0.157.